The van der Waals surface area contributed by atoms with Crippen LogP contribution in [0, 0.1) is 5.41 Å². The summed E-state index contributed by atoms with van der Waals surface area (Å²) in [5.74, 6) is 3.26. The summed E-state index contributed by atoms with van der Waals surface area (Å²) in [7, 11) is 3.25. The largest absolute Gasteiger partial charge is 0.493 e. The number of furan rings is 1. The van der Waals surface area contributed by atoms with Crippen LogP contribution in [0.2, 0.25) is 0 Å². The Hall–Kier alpha value is -2.69. The summed E-state index contributed by atoms with van der Waals surface area (Å²) in [5.41, 5.74) is 2.43. The molecule has 2 aromatic heterocycles. The second-order valence-electron chi connectivity index (χ2n) is 9.82. The normalized spacial score (nSPS) is 12.4. The van der Waals surface area contributed by atoms with Crippen molar-refractivity contribution in [3.63, 3.8) is 0 Å². The fraction of sp³-hybridized carbons (Fsp3) is 0.480. The molecule has 0 fully saturated rings. The van der Waals surface area contributed by atoms with Crippen LogP contribution >= 0.6 is 0 Å². The highest BCUT2D eigenvalue weighted by Crippen LogP contribution is 2.41. The van der Waals surface area contributed by atoms with E-state index in [4.69, 9.17) is 13.9 Å². The van der Waals surface area contributed by atoms with Crippen molar-refractivity contribution in [2.45, 2.75) is 59.8 Å². The molecule has 2 heterocycles. The maximum atomic E-state index is 12.6. The predicted octanol–water partition coefficient (Wildman–Crippen LogP) is 6.29. The number of aromatic amines is 1. The lowest BCUT2D eigenvalue weighted by molar-refractivity contribution is -0.126. The van der Waals surface area contributed by atoms with Gasteiger partial charge in [-0.25, -0.2) is 0 Å². The van der Waals surface area contributed by atoms with Crippen LogP contribution in [0.3, 0.4) is 0 Å². The molecule has 5 nitrogen and oxygen atoms in total. The lowest BCUT2D eigenvalue weighted by atomic mass is 9.87. The van der Waals surface area contributed by atoms with Gasteiger partial charge in [-0.15, -0.1) is 0 Å². The van der Waals surface area contributed by atoms with Crippen molar-refractivity contribution in [2.75, 3.05) is 14.2 Å². The number of hydrogen-bond donors (Lipinski definition) is 1. The number of aryl methyl sites for hydroxylation is 1. The molecule has 3 aromatic rings. The summed E-state index contributed by atoms with van der Waals surface area (Å²) in [6, 6.07) is 7.93. The van der Waals surface area contributed by atoms with Crippen molar-refractivity contribution < 1.29 is 18.7 Å². The number of H-pyrrole nitrogens is 1. The maximum absolute atomic E-state index is 12.6. The van der Waals surface area contributed by atoms with Gasteiger partial charge in [0.2, 0.25) is 0 Å². The van der Waals surface area contributed by atoms with Gasteiger partial charge in [0.25, 0.3) is 0 Å². The fourth-order valence-electron chi connectivity index (χ4n) is 3.53. The first kappa shape index (κ1) is 22.0. The summed E-state index contributed by atoms with van der Waals surface area (Å²) in [4.78, 5) is 16.1. The van der Waals surface area contributed by atoms with Gasteiger partial charge in [0, 0.05) is 40.0 Å². The van der Waals surface area contributed by atoms with Gasteiger partial charge in [0.15, 0.2) is 11.5 Å². The zero-order valence-corrected chi connectivity index (χ0v) is 19.4. The highest BCUT2D eigenvalue weighted by molar-refractivity contribution is 5.98. The molecule has 3 rings (SSSR count). The van der Waals surface area contributed by atoms with Crippen LogP contribution in [-0.2, 0) is 16.6 Å². The minimum absolute atomic E-state index is 0.0896. The Balaban J connectivity index is 2.15. The number of ketones is 1. The SMILES string of the molecule is COc1cc2[nH]c(CCC(=O)C(C)(C)C)c(-c3ccc(C(C)(C)C)o3)c2cc1OC. The number of ether oxygens (including phenoxy) is 2. The molecule has 0 amide bonds. The Kier molecular flexibility index (Phi) is 5.76. The van der Waals surface area contributed by atoms with E-state index in [-0.39, 0.29) is 16.6 Å². The zero-order chi connectivity index (χ0) is 22.3. The van der Waals surface area contributed by atoms with E-state index in [1.807, 2.05) is 45.0 Å². The van der Waals surface area contributed by atoms with Crippen LogP contribution in [0.4, 0.5) is 0 Å². The fourth-order valence-corrected chi connectivity index (χ4v) is 3.53. The first-order chi connectivity index (χ1) is 14.0. The summed E-state index contributed by atoms with van der Waals surface area (Å²) in [5, 5.41) is 0.987. The standard InChI is InChI=1S/C25H33NO4/c1-24(2,3)21(27)11-9-16-23(18-10-12-22(30-18)25(4,5)6)15-13-19(28-7)20(29-8)14-17(15)26-16/h10,12-14,26H,9,11H2,1-8H3. The van der Waals surface area contributed by atoms with Gasteiger partial charge in [-0.2, -0.15) is 0 Å². The summed E-state index contributed by atoms with van der Waals surface area (Å²) in [6.07, 6.45) is 1.07. The van der Waals surface area contributed by atoms with Crippen LogP contribution in [0.25, 0.3) is 22.2 Å². The van der Waals surface area contributed by atoms with E-state index in [2.05, 4.69) is 25.8 Å². The van der Waals surface area contributed by atoms with E-state index in [1.165, 1.54) is 0 Å². The number of nitrogens with one attached hydrogen (secondary N) is 1. The molecule has 162 valence electrons. The average molecular weight is 412 g/mol. The van der Waals surface area contributed by atoms with Gasteiger partial charge < -0.3 is 18.9 Å². The van der Waals surface area contributed by atoms with Crippen LogP contribution < -0.4 is 9.47 Å². The van der Waals surface area contributed by atoms with E-state index in [9.17, 15) is 4.79 Å². The second kappa shape index (κ2) is 7.86. The van der Waals surface area contributed by atoms with E-state index < -0.39 is 0 Å². The summed E-state index contributed by atoms with van der Waals surface area (Å²) in [6.45, 7) is 12.3. The molecular formula is C25H33NO4. The van der Waals surface area contributed by atoms with Gasteiger partial charge in [-0.05, 0) is 24.6 Å². The Morgan fingerprint density at radius 2 is 1.63 bits per heavy atom. The second-order valence-corrected chi connectivity index (χ2v) is 9.82. The van der Waals surface area contributed by atoms with E-state index >= 15 is 0 Å². The molecule has 1 aromatic carbocycles. The molecule has 1 N–H and O–H groups in total. The summed E-state index contributed by atoms with van der Waals surface area (Å²) < 4.78 is 17.3. The number of carbonyl (C=O) groups is 1. The van der Waals surface area contributed by atoms with Gasteiger partial charge in [-0.1, -0.05) is 41.5 Å². The van der Waals surface area contributed by atoms with E-state index in [0.717, 1.165) is 33.7 Å². The molecule has 0 aliphatic carbocycles. The number of rotatable bonds is 6. The Morgan fingerprint density at radius 1 is 1.00 bits per heavy atom. The highest BCUT2D eigenvalue weighted by atomic mass is 16.5. The molecule has 0 bridgehead atoms. The highest BCUT2D eigenvalue weighted by Gasteiger charge is 2.25. The first-order valence-electron chi connectivity index (χ1n) is 10.4. The number of benzene rings is 1. The topological polar surface area (TPSA) is 64.5 Å². The van der Waals surface area contributed by atoms with Gasteiger partial charge in [0.05, 0.1) is 19.7 Å². The van der Waals surface area contributed by atoms with Crippen molar-refractivity contribution in [1.29, 1.82) is 0 Å². The van der Waals surface area contributed by atoms with Crippen molar-refractivity contribution in [2.24, 2.45) is 5.41 Å². The number of hydrogen-bond acceptors (Lipinski definition) is 4. The van der Waals surface area contributed by atoms with Crippen LogP contribution in [-0.4, -0.2) is 25.0 Å². The maximum Gasteiger partial charge on any atom is 0.162 e. The predicted molar refractivity (Wildman–Crippen MR) is 121 cm³/mol. The molecule has 0 aliphatic rings. The molecule has 0 saturated carbocycles. The number of carbonyl (C=O) groups excluding carboxylic acids is 1. The van der Waals surface area contributed by atoms with Crippen molar-refractivity contribution in [3.05, 3.63) is 35.7 Å². The molecule has 0 atom stereocenters. The zero-order valence-electron chi connectivity index (χ0n) is 19.4. The molecule has 0 spiro atoms. The third kappa shape index (κ3) is 4.25. The third-order valence-corrected chi connectivity index (χ3v) is 5.41. The van der Waals surface area contributed by atoms with Crippen molar-refractivity contribution in [1.82, 2.24) is 4.98 Å². The molecule has 0 radical (unpaired) electrons. The average Bonchev–Trinajstić information content (AvgIpc) is 3.27. The number of Topliss-reactive ketones (excluding diaryl/α,β-unsaturated/α-hetero) is 1. The molecule has 5 heteroatoms. The van der Waals surface area contributed by atoms with E-state index in [1.54, 1.807) is 14.2 Å². The Labute approximate surface area is 178 Å². The first-order valence-corrected chi connectivity index (χ1v) is 10.4. The lowest BCUT2D eigenvalue weighted by Crippen LogP contribution is -2.20. The van der Waals surface area contributed by atoms with E-state index in [0.29, 0.717) is 24.3 Å². The molecular weight excluding hydrogens is 378 g/mol. The number of methoxy groups -OCH3 is 2. The molecule has 0 unspecified atom stereocenters. The van der Waals surface area contributed by atoms with Crippen molar-refractivity contribution >= 4 is 16.7 Å². The van der Waals surface area contributed by atoms with Gasteiger partial charge in [0.1, 0.15) is 17.3 Å². The quantitative estimate of drug-likeness (QED) is 0.518. The minimum atomic E-state index is -0.358. The van der Waals surface area contributed by atoms with Crippen LogP contribution in [0.15, 0.2) is 28.7 Å². The summed E-state index contributed by atoms with van der Waals surface area (Å²) >= 11 is 0. The van der Waals surface area contributed by atoms with Gasteiger partial charge in [-0.3, -0.25) is 4.79 Å². The Morgan fingerprint density at radius 3 is 2.17 bits per heavy atom. The molecule has 30 heavy (non-hydrogen) atoms. The van der Waals surface area contributed by atoms with Gasteiger partial charge >= 0.3 is 0 Å². The smallest absolute Gasteiger partial charge is 0.162 e. The van der Waals surface area contributed by atoms with Crippen LogP contribution in [0.1, 0.15) is 59.4 Å². The van der Waals surface area contributed by atoms with Crippen LogP contribution in [0.5, 0.6) is 11.5 Å². The molecule has 0 aliphatic heterocycles. The Bertz CT molecular complexity index is 1060. The number of aromatic nitrogens is 1. The lowest BCUT2D eigenvalue weighted by Gasteiger charge is -2.16. The third-order valence-electron chi connectivity index (χ3n) is 5.41. The number of fused-ring (bicyclic) bond motifs is 1. The molecule has 0 saturated heterocycles. The monoisotopic (exact) mass is 411 g/mol. The minimum Gasteiger partial charge on any atom is -0.493 e. The van der Waals surface area contributed by atoms with Crippen molar-refractivity contribution in [3.8, 4) is 22.8 Å².